The molecule has 0 spiro atoms. The van der Waals surface area contributed by atoms with Crippen molar-refractivity contribution >= 4 is 17.3 Å². The number of aryl methyl sites for hydroxylation is 2. The van der Waals surface area contributed by atoms with Gasteiger partial charge in [-0.3, -0.25) is 18.7 Å². The van der Waals surface area contributed by atoms with E-state index in [0.717, 1.165) is 26.8 Å². The molecule has 1 aromatic heterocycles. The van der Waals surface area contributed by atoms with Crippen LogP contribution in [0.15, 0.2) is 57.0 Å². The molecule has 2 aromatic carbocycles. The van der Waals surface area contributed by atoms with E-state index in [1.54, 1.807) is 13.1 Å². The van der Waals surface area contributed by atoms with Crippen molar-refractivity contribution in [2.24, 2.45) is 25.0 Å². The van der Waals surface area contributed by atoms with Crippen LogP contribution >= 0.6 is 0 Å². The van der Waals surface area contributed by atoms with Crippen LogP contribution in [0.1, 0.15) is 44.1 Å². The molecule has 0 N–H and O–H groups in total. The lowest BCUT2D eigenvalue weighted by Crippen LogP contribution is -2.43. The van der Waals surface area contributed by atoms with Crippen molar-refractivity contribution in [2.45, 2.75) is 19.8 Å². The van der Waals surface area contributed by atoms with Crippen molar-refractivity contribution in [1.29, 1.82) is 0 Å². The highest BCUT2D eigenvalue weighted by Crippen LogP contribution is 2.47. The molecule has 0 amide bonds. The summed E-state index contributed by atoms with van der Waals surface area (Å²) >= 11 is 0. The van der Waals surface area contributed by atoms with Gasteiger partial charge in [-0.2, -0.15) is 0 Å². The second kappa shape index (κ2) is 6.23. The van der Waals surface area contributed by atoms with Gasteiger partial charge in [0.15, 0.2) is 5.78 Å². The molecule has 6 heteroatoms. The number of hydrogen-bond acceptors (Lipinski definition) is 4. The highest BCUT2D eigenvalue weighted by Gasteiger charge is 2.48. The predicted molar refractivity (Wildman–Crippen MR) is 115 cm³/mol. The summed E-state index contributed by atoms with van der Waals surface area (Å²) in [7, 11) is 3.08. The molecule has 0 bridgehead atoms. The largest absolute Gasteiger partial charge is 0.332 e. The molecular formula is C24H21N3O3. The van der Waals surface area contributed by atoms with Crippen LogP contribution in [0.4, 0.5) is 5.82 Å². The fraction of sp³-hybridized carbons (Fsp3) is 0.250. The van der Waals surface area contributed by atoms with Crippen LogP contribution in [0.25, 0.3) is 0 Å². The molecule has 2 atom stereocenters. The van der Waals surface area contributed by atoms with Crippen LogP contribution in [-0.2, 0) is 14.1 Å². The Morgan fingerprint density at radius 1 is 0.867 bits per heavy atom. The number of nitrogens with zero attached hydrogens (tertiary/aromatic N) is 3. The molecule has 0 saturated heterocycles. The number of hydrogen-bond donors (Lipinski definition) is 0. The van der Waals surface area contributed by atoms with E-state index < -0.39 is 23.1 Å². The number of carbonyl (C=O) groups excluding carboxylic acids is 1. The Labute approximate surface area is 173 Å². The highest BCUT2D eigenvalue weighted by molar-refractivity contribution is 6.30. The predicted octanol–water partition coefficient (Wildman–Crippen LogP) is 2.78. The minimum atomic E-state index is -0.582. The van der Waals surface area contributed by atoms with Crippen LogP contribution in [-0.4, -0.2) is 20.6 Å². The molecule has 5 rings (SSSR count). The molecule has 1 aliphatic heterocycles. The lowest BCUT2D eigenvalue weighted by molar-refractivity contribution is 0.0953. The van der Waals surface area contributed by atoms with Crippen LogP contribution in [0.2, 0.25) is 0 Å². The van der Waals surface area contributed by atoms with Crippen LogP contribution < -0.4 is 11.2 Å². The molecule has 0 unspecified atom stereocenters. The van der Waals surface area contributed by atoms with Gasteiger partial charge in [0.05, 0.1) is 17.2 Å². The highest BCUT2D eigenvalue weighted by atomic mass is 16.2. The van der Waals surface area contributed by atoms with Crippen molar-refractivity contribution < 1.29 is 4.79 Å². The third-order valence-corrected chi connectivity index (χ3v) is 6.34. The molecule has 3 aromatic rings. The number of ketones is 1. The lowest BCUT2D eigenvalue weighted by atomic mass is 9.75. The third kappa shape index (κ3) is 2.30. The molecule has 150 valence electrons. The van der Waals surface area contributed by atoms with Crippen molar-refractivity contribution in [1.82, 2.24) is 9.13 Å². The number of aromatic nitrogens is 2. The van der Waals surface area contributed by atoms with Gasteiger partial charge in [0, 0.05) is 31.1 Å². The van der Waals surface area contributed by atoms with E-state index in [-0.39, 0.29) is 5.78 Å². The summed E-state index contributed by atoms with van der Waals surface area (Å²) < 4.78 is 2.50. The first-order valence-electron chi connectivity index (χ1n) is 9.90. The maximum absolute atomic E-state index is 13.5. The minimum absolute atomic E-state index is 0.0316. The number of benzene rings is 2. The molecule has 0 saturated carbocycles. The summed E-state index contributed by atoms with van der Waals surface area (Å²) in [6.45, 7) is 4.00. The summed E-state index contributed by atoms with van der Waals surface area (Å²) in [5, 5.41) is 0. The third-order valence-electron chi connectivity index (χ3n) is 6.34. The Bertz CT molecular complexity index is 1410. The van der Waals surface area contributed by atoms with Crippen molar-refractivity contribution in [3.8, 4) is 0 Å². The van der Waals surface area contributed by atoms with Gasteiger partial charge in [0.2, 0.25) is 0 Å². The van der Waals surface area contributed by atoms with E-state index >= 15 is 0 Å². The maximum atomic E-state index is 13.5. The quantitative estimate of drug-likeness (QED) is 0.632. The molecule has 2 heterocycles. The van der Waals surface area contributed by atoms with E-state index in [9.17, 15) is 14.4 Å². The van der Waals surface area contributed by atoms with Gasteiger partial charge in [-0.05, 0) is 25.0 Å². The van der Waals surface area contributed by atoms with Gasteiger partial charge in [0.1, 0.15) is 5.82 Å². The zero-order valence-electron chi connectivity index (χ0n) is 17.3. The summed E-state index contributed by atoms with van der Waals surface area (Å²) in [6, 6.07) is 13.4. The summed E-state index contributed by atoms with van der Waals surface area (Å²) in [4.78, 5) is 44.1. The number of aliphatic imine (C=N–C) groups is 1. The summed E-state index contributed by atoms with van der Waals surface area (Å²) in [5.41, 5.74) is 4.63. The molecule has 0 fully saturated rings. The molecule has 1 aliphatic carbocycles. The Morgan fingerprint density at radius 2 is 1.57 bits per heavy atom. The molecule has 0 radical (unpaired) electrons. The summed E-state index contributed by atoms with van der Waals surface area (Å²) in [6.07, 6.45) is 0. The van der Waals surface area contributed by atoms with Gasteiger partial charge in [-0.1, -0.05) is 48.0 Å². The zero-order valence-corrected chi connectivity index (χ0v) is 17.3. The van der Waals surface area contributed by atoms with E-state index in [0.29, 0.717) is 22.7 Å². The number of carbonyl (C=O) groups is 1. The average molecular weight is 399 g/mol. The van der Waals surface area contributed by atoms with Crippen LogP contribution in [0.3, 0.4) is 0 Å². The maximum Gasteiger partial charge on any atom is 0.332 e. The Hall–Kier alpha value is -3.54. The average Bonchev–Trinajstić information content (AvgIpc) is 3.02. The second-order valence-electron chi connectivity index (χ2n) is 8.17. The van der Waals surface area contributed by atoms with Crippen LogP contribution in [0, 0.1) is 19.8 Å². The lowest BCUT2D eigenvalue weighted by Gasteiger charge is -2.30. The van der Waals surface area contributed by atoms with Gasteiger partial charge < -0.3 is 0 Å². The van der Waals surface area contributed by atoms with E-state index in [1.807, 2.05) is 44.2 Å². The fourth-order valence-corrected chi connectivity index (χ4v) is 4.88. The molecular weight excluding hydrogens is 378 g/mol. The van der Waals surface area contributed by atoms with Gasteiger partial charge in [0.25, 0.3) is 5.56 Å². The number of fused-ring (bicyclic) bond motifs is 4. The smallest absolute Gasteiger partial charge is 0.293 e. The topological polar surface area (TPSA) is 73.4 Å². The summed E-state index contributed by atoms with van der Waals surface area (Å²) in [5.74, 6) is -0.778. The Morgan fingerprint density at radius 3 is 2.27 bits per heavy atom. The molecule has 6 nitrogen and oxygen atoms in total. The minimum Gasteiger partial charge on any atom is -0.293 e. The Kier molecular flexibility index (Phi) is 3.84. The van der Waals surface area contributed by atoms with E-state index in [2.05, 4.69) is 6.07 Å². The monoisotopic (exact) mass is 399 g/mol. The van der Waals surface area contributed by atoms with Crippen molar-refractivity contribution in [3.63, 3.8) is 0 Å². The Balaban J connectivity index is 1.92. The zero-order chi connectivity index (χ0) is 21.3. The normalized spacial score (nSPS) is 19.2. The van der Waals surface area contributed by atoms with Crippen molar-refractivity contribution in [2.75, 3.05) is 0 Å². The first-order valence-corrected chi connectivity index (χ1v) is 9.90. The fourth-order valence-electron chi connectivity index (χ4n) is 4.88. The first-order chi connectivity index (χ1) is 14.3. The van der Waals surface area contributed by atoms with E-state index in [4.69, 9.17) is 4.99 Å². The number of rotatable bonds is 1. The molecule has 2 aliphatic rings. The SMILES string of the molecule is Cc1ccc([C@@H]2c3c(n(C)c(=O)n(C)c3=O)N=C3c4ccccc4C(=O)[C@H]32)c(C)c1. The van der Waals surface area contributed by atoms with Gasteiger partial charge in [-0.25, -0.2) is 9.79 Å². The molecule has 30 heavy (non-hydrogen) atoms. The second-order valence-corrected chi connectivity index (χ2v) is 8.17. The van der Waals surface area contributed by atoms with Crippen LogP contribution in [0.5, 0.6) is 0 Å². The standard InChI is InChI=1S/C24H21N3O3/c1-12-9-10-14(13(2)11-12)17-18-20(15-7-5-6-8-16(15)21(18)28)25-22-19(17)23(29)27(4)24(30)26(22)3/h5-11,17-18H,1-4H3/t17-,18-/m0/s1. The van der Waals surface area contributed by atoms with E-state index in [1.165, 1.54) is 11.6 Å². The first kappa shape index (κ1) is 18.5. The van der Waals surface area contributed by atoms with Gasteiger partial charge in [-0.15, -0.1) is 0 Å². The van der Waals surface area contributed by atoms with Gasteiger partial charge >= 0.3 is 5.69 Å². The number of Topliss-reactive ketones (excluding diaryl/α,β-unsaturated/α-hetero) is 1. The van der Waals surface area contributed by atoms with Crippen molar-refractivity contribution in [3.05, 3.63) is 96.7 Å².